The number of para-hydroxylation sites is 6. The first-order chi connectivity index (χ1) is 33.0. The van der Waals surface area contributed by atoms with Crippen molar-refractivity contribution in [3.8, 4) is 22.7 Å². The molecule has 0 aliphatic carbocycles. The van der Waals surface area contributed by atoms with Crippen molar-refractivity contribution in [1.82, 2.24) is 18.3 Å². The lowest BCUT2D eigenvalue weighted by Crippen LogP contribution is -2.02. The number of nitrogens with zero attached hydrogens (tertiary/aromatic N) is 4. The molecule has 0 aliphatic rings. The van der Waals surface area contributed by atoms with Gasteiger partial charge in [-0.1, -0.05) is 115 Å². The van der Waals surface area contributed by atoms with E-state index in [0.717, 1.165) is 93.8 Å². The molecule has 0 N–H and O–H groups in total. The van der Waals surface area contributed by atoms with Crippen LogP contribution >= 0.6 is 0 Å². The molecule has 0 aliphatic heterocycles. The van der Waals surface area contributed by atoms with E-state index in [9.17, 15) is 8.42 Å². The van der Waals surface area contributed by atoms with Crippen LogP contribution in [-0.2, 0) is 9.84 Å². The Morgan fingerprint density at radius 1 is 0.224 bits per heavy atom. The minimum Gasteiger partial charge on any atom is -0.309 e. The maximum absolute atomic E-state index is 14.9. The Bertz CT molecular complexity index is 4420. The topological polar surface area (TPSA) is 53.9 Å². The number of rotatable bonds is 6. The second-order valence-electron chi connectivity index (χ2n) is 17.3. The molecule has 0 atom stereocenters. The quantitative estimate of drug-likeness (QED) is 0.167. The lowest BCUT2D eigenvalue weighted by Gasteiger charge is -2.13. The van der Waals surface area contributed by atoms with Gasteiger partial charge < -0.3 is 18.3 Å². The van der Waals surface area contributed by atoms with E-state index >= 15 is 0 Å². The fourth-order valence-electron chi connectivity index (χ4n) is 10.9. The maximum Gasteiger partial charge on any atom is 0.206 e. The zero-order valence-corrected chi connectivity index (χ0v) is 36.8. The van der Waals surface area contributed by atoms with E-state index in [4.69, 9.17) is 0 Å². The van der Waals surface area contributed by atoms with Crippen LogP contribution in [0.2, 0.25) is 0 Å². The maximum atomic E-state index is 14.9. The molecule has 4 heterocycles. The first-order valence-electron chi connectivity index (χ1n) is 22.5. The monoisotopic (exact) mass is 878 g/mol. The summed E-state index contributed by atoms with van der Waals surface area (Å²) in [4.78, 5) is 0.511. The lowest BCUT2D eigenvalue weighted by molar-refractivity contribution is 0.596. The summed E-state index contributed by atoms with van der Waals surface area (Å²) in [6.07, 6.45) is 0. The number of aromatic nitrogens is 4. The van der Waals surface area contributed by atoms with E-state index in [1.807, 2.05) is 54.6 Å². The zero-order chi connectivity index (χ0) is 44.4. The summed E-state index contributed by atoms with van der Waals surface area (Å²) >= 11 is 0. The lowest BCUT2D eigenvalue weighted by atomic mass is 10.1. The normalized spacial score (nSPS) is 12.3. The summed E-state index contributed by atoms with van der Waals surface area (Å²) in [5, 5.41) is 8.47. The van der Waals surface area contributed by atoms with Crippen LogP contribution in [0.5, 0.6) is 0 Å². The number of sulfone groups is 1. The third kappa shape index (κ3) is 5.46. The second kappa shape index (κ2) is 14.2. The Hall–Kier alpha value is -8.65. The predicted molar refractivity (Wildman–Crippen MR) is 276 cm³/mol. The van der Waals surface area contributed by atoms with Gasteiger partial charge in [-0.25, -0.2) is 8.42 Å². The molecule has 14 rings (SSSR count). The van der Waals surface area contributed by atoms with Crippen LogP contribution in [0.4, 0.5) is 0 Å². The molecule has 0 saturated carbocycles. The molecule has 4 aromatic heterocycles. The van der Waals surface area contributed by atoms with Gasteiger partial charge in [-0.15, -0.1) is 0 Å². The van der Waals surface area contributed by atoms with Gasteiger partial charge in [-0.05, 0) is 115 Å². The van der Waals surface area contributed by atoms with Crippen molar-refractivity contribution in [3.63, 3.8) is 0 Å². The molecular weight excluding hydrogens is 841 g/mol. The minimum atomic E-state index is -3.95. The Morgan fingerprint density at radius 2 is 0.522 bits per heavy atom. The van der Waals surface area contributed by atoms with Crippen LogP contribution < -0.4 is 0 Å². The Kier molecular flexibility index (Phi) is 7.97. The Labute approximate surface area is 384 Å². The van der Waals surface area contributed by atoms with E-state index in [2.05, 4.69) is 182 Å². The minimum absolute atomic E-state index is 0.255. The highest BCUT2D eigenvalue weighted by Crippen LogP contribution is 2.40. The van der Waals surface area contributed by atoms with Crippen LogP contribution in [0.15, 0.2) is 240 Å². The van der Waals surface area contributed by atoms with E-state index in [1.165, 1.54) is 16.2 Å². The summed E-state index contributed by atoms with van der Waals surface area (Å²) in [5.74, 6) is 0. The largest absolute Gasteiger partial charge is 0.309 e. The first kappa shape index (κ1) is 37.7. The van der Waals surface area contributed by atoms with Gasteiger partial charge in [0.25, 0.3) is 0 Å². The van der Waals surface area contributed by atoms with Crippen molar-refractivity contribution in [3.05, 3.63) is 231 Å². The Morgan fingerprint density at radius 3 is 0.955 bits per heavy atom. The van der Waals surface area contributed by atoms with Crippen LogP contribution in [0, 0.1) is 0 Å². The molecule has 316 valence electrons. The molecule has 6 nitrogen and oxygen atoms in total. The van der Waals surface area contributed by atoms with Gasteiger partial charge in [0.15, 0.2) is 0 Å². The molecule has 10 aromatic carbocycles. The third-order valence-electron chi connectivity index (χ3n) is 13.8. The SMILES string of the molecule is O=S(=O)(c1ccc2c(c1)c1ccccc1n2-c1cccc(-n2c3ccccc3c3ccccc32)c1)c1ccc2c(c1)c1ccccc1n2-c1ccc2c(c1)c1ccccc1n2-c1ccccc1. The summed E-state index contributed by atoms with van der Waals surface area (Å²) in [5.41, 5.74) is 12.6. The molecule has 7 heteroatoms. The van der Waals surface area contributed by atoms with Crippen molar-refractivity contribution in [1.29, 1.82) is 0 Å². The molecule has 0 amide bonds. The second-order valence-corrected chi connectivity index (χ2v) is 19.3. The first-order valence-corrected chi connectivity index (χ1v) is 24.0. The fourth-order valence-corrected chi connectivity index (χ4v) is 12.2. The highest BCUT2D eigenvalue weighted by Gasteiger charge is 2.24. The molecule has 0 bridgehead atoms. The predicted octanol–water partition coefficient (Wildman–Crippen LogP) is 14.9. The average Bonchev–Trinajstić information content (AvgIpc) is 4.11. The number of hydrogen-bond donors (Lipinski definition) is 0. The van der Waals surface area contributed by atoms with Gasteiger partial charge in [-0.3, -0.25) is 0 Å². The Balaban J connectivity index is 0.893. The van der Waals surface area contributed by atoms with Crippen LogP contribution in [0.25, 0.3) is 110 Å². The van der Waals surface area contributed by atoms with Crippen molar-refractivity contribution in [2.24, 2.45) is 0 Å². The van der Waals surface area contributed by atoms with Crippen molar-refractivity contribution in [2.75, 3.05) is 0 Å². The van der Waals surface area contributed by atoms with E-state index in [-0.39, 0.29) is 9.79 Å². The van der Waals surface area contributed by atoms with Gasteiger partial charge >= 0.3 is 0 Å². The molecular formula is C60H38N4O2S. The zero-order valence-electron chi connectivity index (χ0n) is 36.0. The van der Waals surface area contributed by atoms with Crippen LogP contribution in [0.1, 0.15) is 0 Å². The fraction of sp³-hybridized carbons (Fsp3) is 0. The van der Waals surface area contributed by atoms with Crippen molar-refractivity contribution in [2.45, 2.75) is 9.79 Å². The summed E-state index contributed by atoms with van der Waals surface area (Å²) < 4.78 is 39.0. The van der Waals surface area contributed by atoms with Gasteiger partial charge in [0.2, 0.25) is 9.84 Å². The standard InChI is InChI=1S/C60H38N4O2S/c65-67(66,43-30-33-59-51(37-43)48-22-7-12-27-56(48)63(59)41-18-14-17-40(35-41)62-53-24-9-4-19-45(53)46-20-5-10-25-54(46)62)44-31-34-60-52(38-44)49-23-8-13-28-57(49)64(60)42-29-32-58-50(36-42)47-21-6-11-26-55(47)61(58)39-15-2-1-3-16-39/h1-38H. The highest BCUT2D eigenvalue weighted by atomic mass is 32.2. The number of hydrogen-bond acceptors (Lipinski definition) is 2. The van der Waals surface area contributed by atoms with Gasteiger partial charge in [0, 0.05) is 65.8 Å². The van der Waals surface area contributed by atoms with E-state index in [1.54, 1.807) is 12.1 Å². The van der Waals surface area contributed by atoms with E-state index < -0.39 is 9.84 Å². The average molecular weight is 879 g/mol. The highest BCUT2D eigenvalue weighted by molar-refractivity contribution is 7.91. The van der Waals surface area contributed by atoms with Gasteiger partial charge in [0.05, 0.1) is 53.9 Å². The van der Waals surface area contributed by atoms with Crippen molar-refractivity contribution < 1.29 is 8.42 Å². The number of benzene rings is 10. The van der Waals surface area contributed by atoms with Gasteiger partial charge in [0.1, 0.15) is 0 Å². The van der Waals surface area contributed by atoms with Gasteiger partial charge in [-0.2, -0.15) is 0 Å². The van der Waals surface area contributed by atoms with Crippen LogP contribution in [-0.4, -0.2) is 26.7 Å². The molecule has 0 unspecified atom stereocenters. The van der Waals surface area contributed by atoms with E-state index in [0.29, 0.717) is 0 Å². The summed E-state index contributed by atoms with van der Waals surface area (Å²) in [7, 11) is -3.95. The molecule has 14 aromatic rings. The smallest absolute Gasteiger partial charge is 0.206 e. The summed E-state index contributed by atoms with van der Waals surface area (Å²) in [6.45, 7) is 0. The van der Waals surface area contributed by atoms with Crippen LogP contribution in [0.3, 0.4) is 0 Å². The molecule has 0 spiro atoms. The molecule has 0 radical (unpaired) electrons. The molecule has 0 saturated heterocycles. The summed E-state index contributed by atoms with van der Waals surface area (Å²) in [6, 6.07) is 79.0. The molecule has 0 fully saturated rings. The van der Waals surface area contributed by atoms with Crippen molar-refractivity contribution >= 4 is 97.1 Å². The third-order valence-corrected chi connectivity index (χ3v) is 15.5. The number of fused-ring (bicyclic) bond motifs is 12. The molecule has 67 heavy (non-hydrogen) atoms.